The number of benzene rings is 1. The summed E-state index contributed by atoms with van der Waals surface area (Å²) in [7, 11) is 0. The number of aromatic nitrogens is 1. The first-order chi connectivity index (χ1) is 12.1. The minimum Gasteiger partial charge on any atom is -0.439 e. The van der Waals surface area contributed by atoms with Crippen LogP contribution in [0.4, 0.5) is 0 Å². The van der Waals surface area contributed by atoms with Crippen LogP contribution < -0.4 is 15.4 Å². The summed E-state index contributed by atoms with van der Waals surface area (Å²) >= 11 is 0. The smallest absolute Gasteiger partial charge is 0.251 e. The highest BCUT2D eigenvalue weighted by Crippen LogP contribution is 2.19. The van der Waals surface area contributed by atoms with Crippen molar-refractivity contribution in [2.45, 2.75) is 32.7 Å². The first-order valence-electron chi connectivity index (χ1n) is 8.35. The molecule has 0 aliphatic heterocycles. The summed E-state index contributed by atoms with van der Waals surface area (Å²) in [4.78, 5) is 28.0. The Morgan fingerprint density at radius 3 is 2.68 bits per heavy atom. The van der Waals surface area contributed by atoms with Gasteiger partial charge in [-0.3, -0.25) is 9.59 Å². The first kappa shape index (κ1) is 18.4. The quantitative estimate of drug-likeness (QED) is 0.774. The van der Waals surface area contributed by atoms with Gasteiger partial charge in [0.15, 0.2) is 0 Å². The SMILES string of the molecule is CC[C@@H](C)NC(=O)CCNC(=O)c1ccnc(Oc2ccccc2)c1. The molecule has 2 rings (SSSR count). The number of carbonyl (C=O) groups is 2. The number of nitrogens with one attached hydrogen (secondary N) is 2. The highest BCUT2D eigenvalue weighted by atomic mass is 16.5. The molecule has 2 aromatic rings. The molecule has 6 heteroatoms. The van der Waals surface area contributed by atoms with Crippen molar-refractivity contribution in [3.05, 3.63) is 54.2 Å². The molecule has 0 saturated carbocycles. The average molecular weight is 341 g/mol. The molecule has 1 aromatic heterocycles. The minimum absolute atomic E-state index is 0.0718. The fraction of sp³-hybridized carbons (Fsp3) is 0.316. The van der Waals surface area contributed by atoms with Gasteiger partial charge in [0, 0.05) is 36.8 Å². The molecule has 2 N–H and O–H groups in total. The van der Waals surface area contributed by atoms with E-state index in [1.165, 1.54) is 6.20 Å². The Kier molecular flexibility index (Phi) is 6.95. The number of para-hydroxylation sites is 1. The zero-order valence-corrected chi connectivity index (χ0v) is 14.5. The van der Waals surface area contributed by atoms with Crippen LogP contribution in [0.15, 0.2) is 48.7 Å². The van der Waals surface area contributed by atoms with Crippen molar-refractivity contribution in [2.75, 3.05) is 6.54 Å². The van der Waals surface area contributed by atoms with E-state index in [1.807, 2.05) is 44.2 Å². The Morgan fingerprint density at radius 1 is 1.20 bits per heavy atom. The second-order valence-electron chi connectivity index (χ2n) is 5.68. The molecule has 0 spiro atoms. The van der Waals surface area contributed by atoms with Crippen molar-refractivity contribution >= 4 is 11.8 Å². The van der Waals surface area contributed by atoms with Gasteiger partial charge in [0.25, 0.3) is 5.91 Å². The van der Waals surface area contributed by atoms with Crippen molar-refractivity contribution in [1.29, 1.82) is 0 Å². The van der Waals surface area contributed by atoms with E-state index in [1.54, 1.807) is 12.1 Å². The lowest BCUT2D eigenvalue weighted by Crippen LogP contribution is -2.35. The summed E-state index contributed by atoms with van der Waals surface area (Å²) < 4.78 is 5.61. The largest absolute Gasteiger partial charge is 0.439 e. The second-order valence-corrected chi connectivity index (χ2v) is 5.68. The lowest BCUT2D eigenvalue weighted by molar-refractivity contribution is -0.121. The summed E-state index contributed by atoms with van der Waals surface area (Å²) in [6, 6.07) is 12.5. The molecule has 1 heterocycles. The second kappa shape index (κ2) is 9.42. The van der Waals surface area contributed by atoms with E-state index in [9.17, 15) is 9.59 Å². The molecular weight excluding hydrogens is 318 g/mol. The van der Waals surface area contributed by atoms with E-state index in [-0.39, 0.29) is 30.8 Å². The molecule has 0 radical (unpaired) electrons. The first-order valence-corrected chi connectivity index (χ1v) is 8.35. The maximum Gasteiger partial charge on any atom is 0.251 e. The highest BCUT2D eigenvalue weighted by molar-refractivity contribution is 5.94. The maximum atomic E-state index is 12.2. The van der Waals surface area contributed by atoms with Crippen molar-refractivity contribution in [3.63, 3.8) is 0 Å². The van der Waals surface area contributed by atoms with E-state index in [0.29, 0.717) is 17.2 Å². The van der Waals surface area contributed by atoms with E-state index in [4.69, 9.17) is 4.74 Å². The molecule has 1 aromatic carbocycles. The Hall–Kier alpha value is -2.89. The molecule has 1 atom stereocenters. The van der Waals surface area contributed by atoms with Gasteiger partial charge in [0.2, 0.25) is 11.8 Å². The fourth-order valence-corrected chi connectivity index (χ4v) is 2.06. The lowest BCUT2D eigenvalue weighted by atomic mass is 10.2. The number of nitrogens with zero attached hydrogens (tertiary/aromatic N) is 1. The minimum atomic E-state index is -0.267. The standard InChI is InChI=1S/C19H23N3O3/c1-3-14(2)22-17(23)10-12-21-19(24)15-9-11-20-18(13-15)25-16-7-5-4-6-8-16/h4-9,11,13-14H,3,10,12H2,1-2H3,(H,21,24)(H,22,23)/t14-/m1/s1. The molecule has 0 unspecified atom stereocenters. The number of hydrogen-bond donors (Lipinski definition) is 2. The van der Waals surface area contributed by atoms with Crippen molar-refractivity contribution < 1.29 is 14.3 Å². The van der Waals surface area contributed by atoms with Crippen molar-refractivity contribution in [1.82, 2.24) is 15.6 Å². The van der Waals surface area contributed by atoms with Crippen LogP contribution in [0.25, 0.3) is 0 Å². The molecular formula is C19H23N3O3. The molecule has 2 amide bonds. The van der Waals surface area contributed by atoms with Gasteiger partial charge in [-0.25, -0.2) is 4.98 Å². The predicted molar refractivity (Wildman–Crippen MR) is 95.6 cm³/mol. The average Bonchev–Trinajstić information content (AvgIpc) is 2.62. The van der Waals surface area contributed by atoms with Gasteiger partial charge in [-0.15, -0.1) is 0 Å². The third kappa shape index (κ3) is 6.25. The number of pyridine rings is 1. The normalized spacial score (nSPS) is 11.4. The van der Waals surface area contributed by atoms with E-state index >= 15 is 0 Å². The van der Waals surface area contributed by atoms with Crippen LogP contribution in [-0.4, -0.2) is 29.4 Å². The highest BCUT2D eigenvalue weighted by Gasteiger charge is 2.10. The van der Waals surface area contributed by atoms with Gasteiger partial charge in [0.1, 0.15) is 5.75 Å². The third-order valence-corrected chi connectivity index (χ3v) is 3.62. The van der Waals surface area contributed by atoms with Gasteiger partial charge in [-0.2, -0.15) is 0 Å². The molecule has 0 fully saturated rings. The van der Waals surface area contributed by atoms with Crippen LogP contribution in [0.3, 0.4) is 0 Å². The summed E-state index contributed by atoms with van der Waals surface area (Å²) in [5.41, 5.74) is 0.434. The Labute approximate surface area is 147 Å². The number of amides is 2. The molecule has 132 valence electrons. The fourth-order valence-electron chi connectivity index (χ4n) is 2.06. The summed E-state index contributed by atoms with van der Waals surface area (Å²) in [6.07, 6.45) is 2.64. The Morgan fingerprint density at radius 2 is 1.96 bits per heavy atom. The molecule has 0 saturated heterocycles. The van der Waals surface area contributed by atoms with Gasteiger partial charge in [-0.1, -0.05) is 25.1 Å². The molecule has 6 nitrogen and oxygen atoms in total. The number of hydrogen-bond acceptors (Lipinski definition) is 4. The predicted octanol–water partition coefficient (Wildman–Crippen LogP) is 2.91. The van der Waals surface area contributed by atoms with E-state index in [2.05, 4.69) is 15.6 Å². The molecule has 25 heavy (non-hydrogen) atoms. The Bertz CT molecular complexity index is 704. The maximum absolute atomic E-state index is 12.2. The third-order valence-electron chi connectivity index (χ3n) is 3.62. The summed E-state index contributed by atoms with van der Waals surface area (Å²) in [6.45, 7) is 4.23. The number of ether oxygens (including phenoxy) is 1. The zero-order valence-electron chi connectivity index (χ0n) is 14.5. The van der Waals surface area contributed by atoms with Crippen molar-refractivity contribution in [2.24, 2.45) is 0 Å². The van der Waals surface area contributed by atoms with Gasteiger partial charge in [0.05, 0.1) is 0 Å². The van der Waals surface area contributed by atoms with Gasteiger partial charge < -0.3 is 15.4 Å². The lowest BCUT2D eigenvalue weighted by Gasteiger charge is -2.11. The monoisotopic (exact) mass is 341 g/mol. The van der Waals surface area contributed by atoms with Crippen LogP contribution in [-0.2, 0) is 4.79 Å². The van der Waals surface area contributed by atoms with Crippen LogP contribution in [0, 0.1) is 0 Å². The number of rotatable bonds is 8. The van der Waals surface area contributed by atoms with E-state index in [0.717, 1.165) is 6.42 Å². The molecule has 0 aliphatic rings. The van der Waals surface area contributed by atoms with Crippen LogP contribution in [0.2, 0.25) is 0 Å². The molecule has 0 aliphatic carbocycles. The molecule has 0 bridgehead atoms. The van der Waals surface area contributed by atoms with Crippen LogP contribution in [0.1, 0.15) is 37.0 Å². The van der Waals surface area contributed by atoms with Gasteiger partial charge in [-0.05, 0) is 31.5 Å². The topological polar surface area (TPSA) is 80.3 Å². The van der Waals surface area contributed by atoms with Crippen LogP contribution in [0.5, 0.6) is 11.6 Å². The van der Waals surface area contributed by atoms with Gasteiger partial charge >= 0.3 is 0 Å². The number of carbonyl (C=O) groups excluding carboxylic acids is 2. The van der Waals surface area contributed by atoms with Crippen LogP contribution >= 0.6 is 0 Å². The summed E-state index contributed by atoms with van der Waals surface area (Å²) in [5.74, 6) is 0.650. The summed E-state index contributed by atoms with van der Waals surface area (Å²) in [5, 5.41) is 5.59. The van der Waals surface area contributed by atoms with E-state index < -0.39 is 0 Å². The van der Waals surface area contributed by atoms with Crippen molar-refractivity contribution in [3.8, 4) is 11.6 Å². The zero-order chi connectivity index (χ0) is 18.1. The Balaban J connectivity index is 1.85.